The van der Waals surface area contributed by atoms with Crippen LogP contribution in [0.5, 0.6) is 0 Å². The van der Waals surface area contributed by atoms with Crippen LogP contribution in [0.4, 0.5) is 0 Å². The van der Waals surface area contributed by atoms with E-state index >= 15 is 0 Å². The van der Waals surface area contributed by atoms with Crippen molar-refractivity contribution in [2.24, 2.45) is 35.2 Å². The van der Waals surface area contributed by atoms with E-state index in [1.807, 2.05) is 50.5 Å². The van der Waals surface area contributed by atoms with Crippen molar-refractivity contribution in [2.45, 2.75) is 82.1 Å². The summed E-state index contributed by atoms with van der Waals surface area (Å²) in [5.41, 5.74) is 8.24. The summed E-state index contributed by atoms with van der Waals surface area (Å²) in [6, 6.07) is 18.9. The average Bonchev–Trinajstić information content (AvgIpc) is 4.30. The largest absolute Gasteiger partial charge is 1.00 e. The Morgan fingerprint density at radius 1 is 0.610 bits per heavy atom. The number of aliphatic hydroxyl groups is 3. The van der Waals surface area contributed by atoms with Gasteiger partial charge in [0.05, 0.1) is 37.4 Å². The van der Waals surface area contributed by atoms with Crippen LogP contribution in [0.25, 0.3) is 33.1 Å². The van der Waals surface area contributed by atoms with E-state index in [9.17, 15) is 5.21 Å². The van der Waals surface area contributed by atoms with Crippen molar-refractivity contribution in [2.75, 3.05) is 6.61 Å². The fourth-order valence-corrected chi connectivity index (χ4v) is 5.72. The molecule has 0 fully saturated rings. The SMILES string of the molecule is C.C.C.C.C.Cn1ncnc1CO.Cn1nnc(CO)n1.Cn1nnc2cc(CBr)ccc21.Cn1nnnc1COCc1ccc2c(c1)nnn2C.N#CCO.On1nnc2cc(COCc3nn[nH]n3)ccc21.[C-]#N.[Na+]. The Kier molecular flexibility index (Phi) is 37.9. The first-order valence-electron chi connectivity index (χ1n) is 20.2. The Hall–Kier alpha value is -7.73. The normalized spacial score (nSPS) is 9.38. The van der Waals surface area contributed by atoms with Gasteiger partial charge in [0.25, 0.3) is 0 Å². The third-order valence-corrected chi connectivity index (χ3v) is 9.45. The molecule has 0 radical (unpaired) electrons. The third kappa shape index (κ3) is 23.4. The van der Waals surface area contributed by atoms with Crippen LogP contribution in [-0.2, 0) is 89.7 Å². The number of aromatic amines is 1. The van der Waals surface area contributed by atoms with E-state index in [-0.39, 0.29) is 93.1 Å². The van der Waals surface area contributed by atoms with E-state index in [1.165, 1.54) is 27.4 Å². The van der Waals surface area contributed by atoms with Gasteiger partial charge in [0, 0.05) is 33.5 Å². The summed E-state index contributed by atoms with van der Waals surface area (Å²) < 4.78 is 17.6. The quantitative estimate of drug-likeness (QED) is 0.0367. The maximum atomic E-state index is 9.29. The van der Waals surface area contributed by atoms with Gasteiger partial charge in [-0.05, 0) is 73.9 Å². The third-order valence-electron chi connectivity index (χ3n) is 8.80. The fourth-order valence-electron chi connectivity index (χ4n) is 5.38. The smallest absolute Gasteiger partial charge is 0.512 e. The van der Waals surface area contributed by atoms with Gasteiger partial charge in [-0.3, -0.25) is 4.68 Å². The minimum atomic E-state index is -0.375. The molecule has 7 aromatic heterocycles. The Bertz CT molecular complexity index is 3160. The van der Waals surface area contributed by atoms with Gasteiger partial charge >= 0.3 is 29.6 Å². The van der Waals surface area contributed by atoms with Crippen molar-refractivity contribution in [1.82, 2.24) is 121 Å². The van der Waals surface area contributed by atoms with Gasteiger partial charge in [0.2, 0.25) is 0 Å². The van der Waals surface area contributed by atoms with Crippen molar-refractivity contribution < 1.29 is 59.6 Å². The number of aliphatic hydroxyl groups excluding tert-OH is 3. The van der Waals surface area contributed by atoms with Gasteiger partial charge in [-0.15, -0.1) is 40.8 Å². The van der Waals surface area contributed by atoms with Crippen LogP contribution in [-0.4, -0.2) is 148 Å². The van der Waals surface area contributed by atoms with Crippen LogP contribution in [0, 0.1) is 23.2 Å². The molecule has 0 atom stereocenters. The maximum Gasteiger partial charge on any atom is 1.00 e. The number of nitrogens with one attached hydrogen (secondary N) is 1. The zero-order valence-corrected chi connectivity index (χ0v) is 43.2. The Labute approximate surface area is 475 Å². The van der Waals surface area contributed by atoms with Crippen molar-refractivity contribution in [1.29, 1.82) is 10.5 Å². The molecule has 7 heterocycles. The number of nitriles is 1. The van der Waals surface area contributed by atoms with Gasteiger partial charge in [-0.2, -0.15) is 20.4 Å². The number of aromatic nitrogens is 24. The Morgan fingerprint density at radius 3 is 1.57 bits per heavy atom. The van der Waals surface area contributed by atoms with Gasteiger partial charge in [0.1, 0.15) is 61.4 Å². The standard InChI is InChI=1S/C11H13N7O.C9H9N7O2.C8H8BrN3.C4H7N3O.C3H6N4O.C2H3NO.CN.5CH4.Na/c1-17-10-4-3-8(5-9(10)12-15-17)6-19-7-11-13-14-16-18(11)2;17-16-8-2-1-6(3-7(8)10-15-16)4-18-5-9-11-13-14-12-9;1-12-8-3-2-6(5-9)4-7(8)10-11-12;1-7-4(2-8)5-3-6-7;1-7-5-3(2-8)4-6-7;3-1-2-4;1-2;;;;;;/h3-5H,6-7H2,1-2H3;1-3,17H,4-5H2,(H,11,12,13,14);2-4H,5H2,1H3;3,8H,2H2,1H3;8H,2H2,1H3;4H,2H2;;5*1H4;/q;;;;;;-1;;;;;;+1. The molecule has 34 heteroatoms. The number of fused-ring (bicyclic) bond motifs is 3. The topological polar surface area (TPSA) is 411 Å². The molecule has 0 aliphatic heterocycles. The monoisotopic (exact) mass is 1140 g/mol. The van der Waals surface area contributed by atoms with E-state index in [1.54, 1.807) is 47.3 Å². The van der Waals surface area contributed by atoms with Crippen molar-refractivity contribution in [3.05, 3.63) is 107 Å². The minimum Gasteiger partial charge on any atom is -0.512 e. The van der Waals surface area contributed by atoms with Gasteiger partial charge in [0.15, 0.2) is 23.3 Å². The Morgan fingerprint density at radius 2 is 1.14 bits per heavy atom. The van der Waals surface area contributed by atoms with Gasteiger partial charge < -0.3 is 41.8 Å². The summed E-state index contributed by atoms with van der Waals surface area (Å²) in [5, 5.41) is 110. The van der Waals surface area contributed by atoms with Crippen LogP contribution in [0.15, 0.2) is 60.9 Å². The molecule has 77 heavy (non-hydrogen) atoms. The predicted molar refractivity (Wildman–Crippen MR) is 277 cm³/mol. The van der Waals surface area contributed by atoms with Crippen molar-refractivity contribution in [3.8, 4) is 6.07 Å². The van der Waals surface area contributed by atoms with Crippen LogP contribution in [0.2, 0.25) is 0 Å². The molecule has 5 N–H and O–H groups in total. The molecule has 412 valence electrons. The maximum absolute atomic E-state index is 9.29. The van der Waals surface area contributed by atoms with Crippen LogP contribution in [0.3, 0.4) is 0 Å². The Balaban J connectivity index is -0.000000879. The molecule has 0 aliphatic rings. The zero-order chi connectivity index (χ0) is 51.5. The zero-order valence-electron chi connectivity index (χ0n) is 39.6. The van der Waals surface area contributed by atoms with Crippen molar-refractivity contribution in [3.63, 3.8) is 0 Å². The van der Waals surface area contributed by atoms with Crippen LogP contribution < -0.4 is 29.6 Å². The average molecular weight is 1150 g/mol. The second kappa shape index (κ2) is 39.7. The van der Waals surface area contributed by atoms with E-state index in [0.717, 1.165) is 43.4 Å². The predicted octanol–water partition coefficient (Wildman–Crippen LogP) is -0.237. The van der Waals surface area contributed by atoms with E-state index in [4.69, 9.17) is 41.9 Å². The van der Waals surface area contributed by atoms with E-state index in [2.05, 4.69) is 115 Å². The molecule has 10 rings (SSSR count). The summed E-state index contributed by atoms with van der Waals surface area (Å²) in [6.07, 6.45) is 1.41. The molecule has 10 aromatic rings. The first kappa shape index (κ1) is 73.5. The van der Waals surface area contributed by atoms with E-state index < -0.39 is 0 Å². The van der Waals surface area contributed by atoms with Gasteiger partial charge in [-0.1, -0.05) is 91.7 Å². The molecule has 32 nitrogen and oxygen atoms in total. The molecule has 0 spiro atoms. The number of ether oxygens (including phenoxy) is 2. The number of nitrogens with zero attached hydrogens (tertiary/aromatic N) is 25. The number of halogens is 1. The molecule has 0 aliphatic carbocycles. The molecular weight excluding hydrogens is 1080 g/mol. The summed E-state index contributed by atoms with van der Waals surface area (Å²) in [5.74, 6) is 2.13. The summed E-state index contributed by atoms with van der Waals surface area (Å²) in [6.45, 7) is 5.72. The number of rotatable bonds is 11. The molecule has 0 saturated heterocycles. The second-order valence-corrected chi connectivity index (χ2v) is 14.2. The summed E-state index contributed by atoms with van der Waals surface area (Å²) >= 11 is 3.40. The molecule has 0 amide bonds. The second-order valence-electron chi connectivity index (χ2n) is 13.7. The molecule has 0 unspecified atom stereocenters. The molecule has 0 saturated carbocycles. The summed E-state index contributed by atoms with van der Waals surface area (Å²) in [7, 11) is 8.92. The fraction of sp³-hybridized carbons (Fsp3) is 0.419. The number of hydrogen-bond acceptors (Lipinski definition) is 25. The minimum absolute atomic E-state index is 0. The number of benzene rings is 3. The number of hydrogen-bond donors (Lipinski definition) is 5. The number of tetrazole rings is 3. The first-order valence-corrected chi connectivity index (χ1v) is 21.3. The molecule has 3 aromatic carbocycles. The van der Waals surface area contributed by atoms with Crippen LogP contribution >= 0.6 is 15.9 Å². The van der Waals surface area contributed by atoms with E-state index in [0.29, 0.717) is 54.2 Å². The number of aryl methyl sites for hydroxylation is 5. The first-order chi connectivity index (χ1) is 34.5. The number of alkyl halides is 1. The molecule has 0 bridgehead atoms. The molecular formula is C43H66BrN26NaO6. The van der Waals surface area contributed by atoms with Crippen molar-refractivity contribution >= 4 is 49.0 Å². The van der Waals surface area contributed by atoms with Gasteiger partial charge in [-0.25, -0.2) is 19.0 Å². The van der Waals surface area contributed by atoms with Crippen LogP contribution in [0.1, 0.15) is 77.1 Å². The number of H-pyrrole nitrogens is 1. The summed E-state index contributed by atoms with van der Waals surface area (Å²) in [4.78, 5) is 5.77.